The molecule has 25 heavy (non-hydrogen) atoms. The minimum atomic E-state index is 0.0816. The molecule has 5 heteroatoms. The van der Waals surface area contributed by atoms with E-state index in [-0.39, 0.29) is 5.91 Å². The van der Waals surface area contributed by atoms with Crippen molar-refractivity contribution in [2.45, 2.75) is 45.2 Å². The minimum absolute atomic E-state index is 0.0816. The van der Waals surface area contributed by atoms with Crippen LogP contribution < -0.4 is 0 Å². The Bertz CT molecular complexity index is 952. The fourth-order valence-corrected chi connectivity index (χ4v) is 4.34. The van der Waals surface area contributed by atoms with Crippen LogP contribution in [0.15, 0.2) is 30.3 Å². The van der Waals surface area contributed by atoms with Gasteiger partial charge in [0.15, 0.2) is 5.69 Å². The number of para-hydroxylation sites is 1. The summed E-state index contributed by atoms with van der Waals surface area (Å²) in [6, 6.07) is 10.7. The first-order valence-electron chi connectivity index (χ1n) is 9.24. The van der Waals surface area contributed by atoms with E-state index in [1.807, 2.05) is 4.90 Å². The molecule has 0 radical (unpaired) electrons. The van der Waals surface area contributed by atoms with E-state index in [9.17, 15) is 4.79 Å². The van der Waals surface area contributed by atoms with Crippen LogP contribution in [0.1, 0.15) is 46.7 Å². The number of amides is 1. The molecule has 0 saturated carbocycles. The van der Waals surface area contributed by atoms with Crippen molar-refractivity contribution < 1.29 is 4.79 Å². The van der Waals surface area contributed by atoms with Crippen LogP contribution in [0.25, 0.3) is 10.9 Å². The quantitative estimate of drug-likeness (QED) is 0.742. The highest BCUT2D eigenvalue weighted by atomic mass is 16.2. The van der Waals surface area contributed by atoms with Crippen LogP contribution in [-0.2, 0) is 25.9 Å². The van der Waals surface area contributed by atoms with Gasteiger partial charge in [0, 0.05) is 35.6 Å². The number of benzene rings is 1. The molecule has 1 aromatic carbocycles. The van der Waals surface area contributed by atoms with Gasteiger partial charge in [0.2, 0.25) is 0 Å². The Morgan fingerprint density at radius 1 is 1.08 bits per heavy atom. The Morgan fingerprint density at radius 3 is 2.92 bits per heavy atom. The van der Waals surface area contributed by atoms with Crippen molar-refractivity contribution in [1.82, 2.24) is 19.7 Å². The lowest BCUT2D eigenvalue weighted by Crippen LogP contribution is -2.31. The van der Waals surface area contributed by atoms with Crippen LogP contribution in [0, 0.1) is 0 Å². The van der Waals surface area contributed by atoms with Crippen molar-refractivity contribution in [3.05, 3.63) is 53.0 Å². The molecule has 0 saturated heterocycles. The summed E-state index contributed by atoms with van der Waals surface area (Å²) in [5, 5.41) is 8.73. The van der Waals surface area contributed by atoms with Crippen LogP contribution in [0.5, 0.6) is 0 Å². The normalized spacial score (nSPS) is 17.2. The lowest BCUT2D eigenvalue weighted by Gasteiger charge is -2.20. The first kappa shape index (κ1) is 14.8. The maximum Gasteiger partial charge on any atom is 0.274 e. The fraction of sp³-hybridized carbons (Fsp3) is 0.400. The van der Waals surface area contributed by atoms with Gasteiger partial charge in [-0.1, -0.05) is 18.2 Å². The topological polar surface area (TPSA) is 53.9 Å². The third kappa shape index (κ3) is 2.37. The number of nitrogens with one attached hydrogen (secondary N) is 1. The number of carbonyl (C=O) groups is 1. The molecule has 5 rings (SSSR count). The zero-order valence-corrected chi connectivity index (χ0v) is 14.3. The molecule has 5 nitrogen and oxygen atoms in total. The van der Waals surface area contributed by atoms with Crippen molar-refractivity contribution in [2.24, 2.45) is 0 Å². The molecular weight excluding hydrogens is 312 g/mol. The Morgan fingerprint density at radius 2 is 1.96 bits per heavy atom. The lowest BCUT2D eigenvalue weighted by molar-refractivity contribution is 0.0738. The molecule has 2 aliphatic rings. The number of aryl methyl sites for hydroxylation is 2. The summed E-state index contributed by atoms with van der Waals surface area (Å²) in [4.78, 5) is 15.1. The second-order valence-corrected chi connectivity index (χ2v) is 7.16. The van der Waals surface area contributed by atoms with E-state index in [0.717, 1.165) is 44.3 Å². The maximum absolute atomic E-state index is 13.1. The van der Waals surface area contributed by atoms with E-state index < -0.39 is 0 Å². The minimum Gasteiger partial charge on any atom is -0.343 e. The molecule has 3 heterocycles. The van der Waals surface area contributed by atoms with Crippen molar-refractivity contribution >= 4 is 16.8 Å². The van der Waals surface area contributed by atoms with Gasteiger partial charge in [-0.15, -0.1) is 0 Å². The number of aromatic amines is 1. The summed E-state index contributed by atoms with van der Waals surface area (Å²) in [7, 11) is 0. The van der Waals surface area contributed by atoms with E-state index in [1.54, 1.807) is 0 Å². The molecule has 3 aromatic rings. The van der Waals surface area contributed by atoms with Gasteiger partial charge in [0.05, 0.1) is 6.54 Å². The van der Waals surface area contributed by atoms with Gasteiger partial charge in [0.25, 0.3) is 5.91 Å². The number of fused-ring (bicyclic) bond motifs is 4. The zero-order valence-electron chi connectivity index (χ0n) is 14.3. The SMILES string of the molecule is O=C(c1n[nH]c2c1CCCC2)N1CCCn2c(cc3ccccc32)C1. The maximum atomic E-state index is 13.1. The van der Waals surface area contributed by atoms with Gasteiger partial charge in [0.1, 0.15) is 0 Å². The summed E-state index contributed by atoms with van der Waals surface area (Å²) in [5.41, 5.74) is 5.46. The van der Waals surface area contributed by atoms with Crippen LogP contribution in [0.3, 0.4) is 0 Å². The van der Waals surface area contributed by atoms with E-state index in [2.05, 4.69) is 45.1 Å². The Balaban J connectivity index is 1.48. The first-order valence-corrected chi connectivity index (χ1v) is 9.24. The number of hydrogen-bond donors (Lipinski definition) is 1. The monoisotopic (exact) mass is 334 g/mol. The standard InChI is InChI=1S/C20H22N4O/c25-20(19-16-7-2-3-8-17(16)21-22-19)23-10-5-11-24-15(13-23)12-14-6-1-4-9-18(14)24/h1,4,6,9,12H,2-3,5,7-8,10-11,13H2,(H,21,22). The van der Waals surface area contributed by atoms with Crippen LogP contribution >= 0.6 is 0 Å². The van der Waals surface area contributed by atoms with Gasteiger partial charge in [-0.3, -0.25) is 9.89 Å². The molecule has 1 N–H and O–H groups in total. The number of rotatable bonds is 1. The first-order chi connectivity index (χ1) is 12.3. The van der Waals surface area contributed by atoms with Crippen molar-refractivity contribution in [1.29, 1.82) is 0 Å². The molecular formula is C20H22N4O. The van der Waals surface area contributed by atoms with Crippen LogP contribution in [-0.4, -0.2) is 32.1 Å². The van der Waals surface area contributed by atoms with E-state index in [4.69, 9.17) is 0 Å². The smallest absolute Gasteiger partial charge is 0.274 e. The summed E-state index contributed by atoms with van der Waals surface area (Å²) < 4.78 is 2.36. The highest BCUT2D eigenvalue weighted by molar-refractivity contribution is 5.94. The average molecular weight is 334 g/mol. The van der Waals surface area contributed by atoms with E-state index in [1.165, 1.54) is 28.7 Å². The summed E-state index contributed by atoms with van der Waals surface area (Å²) in [6.07, 6.45) is 5.31. The Hall–Kier alpha value is -2.56. The number of H-pyrrole nitrogens is 1. The highest BCUT2D eigenvalue weighted by Crippen LogP contribution is 2.27. The van der Waals surface area contributed by atoms with Crippen LogP contribution in [0.4, 0.5) is 0 Å². The summed E-state index contributed by atoms with van der Waals surface area (Å²) >= 11 is 0. The molecule has 0 spiro atoms. The molecule has 1 amide bonds. The highest BCUT2D eigenvalue weighted by Gasteiger charge is 2.27. The second kappa shape index (κ2) is 5.76. The number of aromatic nitrogens is 3. The van der Waals surface area contributed by atoms with E-state index >= 15 is 0 Å². The predicted octanol–water partition coefficient (Wildman–Crippen LogP) is 3.29. The van der Waals surface area contributed by atoms with Crippen molar-refractivity contribution in [3.63, 3.8) is 0 Å². The number of hydrogen-bond acceptors (Lipinski definition) is 2. The molecule has 1 aliphatic heterocycles. The predicted molar refractivity (Wildman–Crippen MR) is 96.5 cm³/mol. The van der Waals surface area contributed by atoms with Gasteiger partial charge in [-0.25, -0.2) is 0 Å². The van der Waals surface area contributed by atoms with Crippen molar-refractivity contribution in [3.8, 4) is 0 Å². The molecule has 0 bridgehead atoms. The number of nitrogens with zero attached hydrogens (tertiary/aromatic N) is 3. The summed E-state index contributed by atoms with van der Waals surface area (Å²) in [5.74, 6) is 0.0816. The van der Waals surface area contributed by atoms with Gasteiger partial charge in [-0.2, -0.15) is 5.10 Å². The summed E-state index contributed by atoms with van der Waals surface area (Å²) in [6.45, 7) is 2.41. The lowest BCUT2D eigenvalue weighted by atomic mass is 9.95. The Kier molecular flexibility index (Phi) is 3.40. The van der Waals surface area contributed by atoms with Gasteiger partial charge >= 0.3 is 0 Å². The molecule has 0 unspecified atom stereocenters. The fourth-order valence-electron chi connectivity index (χ4n) is 4.34. The van der Waals surface area contributed by atoms with Gasteiger partial charge < -0.3 is 9.47 Å². The molecule has 1 aliphatic carbocycles. The van der Waals surface area contributed by atoms with E-state index in [0.29, 0.717) is 12.2 Å². The molecule has 0 atom stereocenters. The Labute approximate surface area is 146 Å². The largest absolute Gasteiger partial charge is 0.343 e. The number of carbonyl (C=O) groups excluding carboxylic acids is 1. The second-order valence-electron chi connectivity index (χ2n) is 7.16. The molecule has 0 fully saturated rings. The molecule has 2 aromatic heterocycles. The van der Waals surface area contributed by atoms with Crippen molar-refractivity contribution in [2.75, 3.05) is 6.54 Å². The average Bonchev–Trinajstić information content (AvgIpc) is 3.16. The molecule has 128 valence electrons. The third-order valence-electron chi connectivity index (χ3n) is 5.61. The van der Waals surface area contributed by atoms with Crippen LogP contribution in [0.2, 0.25) is 0 Å². The third-order valence-corrected chi connectivity index (χ3v) is 5.61. The van der Waals surface area contributed by atoms with Gasteiger partial charge in [-0.05, 0) is 49.6 Å². The zero-order chi connectivity index (χ0) is 16.8.